The van der Waals surface area contributed by atoms with Crippen molar-refractivity contribution in [3.05, 3.63) is 40.5 Å². The van der Waals surface area contributed by atoms with Crippen molar-refractivity contribution in [1.29, 1.82) is 0 Å². The largest absolute Gasteiger partial charge is 0.312 e. The zero-order valence-corrected chi connectivity index (χ0v) is 12.6. The van der Waals surface area contributed by atoms with E-state index >= 15 is 0 Å². The average molecular weight is 317 g/mol. The van der Waals surface area contributed by atoms with Crippen molar-refractivity contribution >= 4 is 26.8 Å². The number of hydrogen-bond acceptors (Lipinski definition) is 2. The summed E-state index contributed by atoms with van der Waals surface area (Å²) in [6, 6.07) is 10.5. The third-order valence-corrected chi connectivity index (χ3v) is 3.83. The molecule has 0 aliphatic carbocycles. The molecule has 1 aromatic heterocycles. The number of fused-ring (bicyclic) bond motifs is 1. The van der Waals surface area contributed by atoms with Crippen LogP contribution in [0.1, 0.15) is 31.0 Å². The molecule has 0 aliphatic rings. The molecule has 1 N–H and O–H groups in total. The van der Waals surface area contributed by atoms with E-state index in [0.717, 1.165) is 40.3 Å². The normalized spacial score (nSPS) is 12.3. The van der Waals surface area contributed by atoms with Crippen LogP contribution in [-0.4, -0.2) is 12.0 Å². The Labute approximate surface area is 122 Å². The van der Waals surface area contributed by atoms with Crippen molar-refractivity contribution in [1.82, 2.24) is 10.3 Å². The summed E-state index contributed by atoms with van der Waals surface area (Å²) in [5, 5.41) is 4.47. The predicted octanol–water partition coefficient (Wildman–Crippen LogP) is 4.06. The first-order valence-corrected chi connectivity index (χ1v) is 7.21. The molecular formula is C16H17BrN2. The van der Waals surface area contributed by atoms with Crippen LogP contribution >= 0.6 is 15.9 Å². The zero-order chi connectivity index (χ0) is 13.7. The number of halogens is 1. The van der Waals surface area contributed by atoms with Gasteiger partial charge in [-0.05, 0) is 48.0 Å². The predicted molar refractivity (Wildman–Crippen MR) is 83.9 cm³/mol. The molecule has 1 aromatic carbocycles. The summed E-state index contributed by atoms with van der Waals surface area (Å²) in [5.41, 5.74) is 2.08. The highest BCUT2D eigenvalue weighted by atomic mass is 79.9. The lowest BCUT2D eigenvalue weighted by Crippen LogP contribution is -2.18. The van der Waals surface area contributed by atoms with Gasteiger partial charge in [0.25, 0.3) is 0 Å². The van der Waals surface area contributed by atoms with E-state index in [1.54, 1.807) is 0 Å². The molecule has 2 nitrogen and oxygen atoms in total. The molecular weight excluding hydrogens is 300 g/mol. The minimum absolute atomic E-state index is 0.229. The highest BCUT2D eigenvalue weighted by molar-refractivity contribution is 9.10. The maximum Gasteiger partial charge on any atom is 0.0722 e. The van der Waals surface area contributed by atoms with Crippen LogP contribution in [0.2, 0.25) is 0 Å². The number of terminal acetylenes is 1. The minimum atomic E-state index is 0.229. The van der Waals surface area contributed by atoms with Gasteiger partial charge in [0.05, 0.1) is 17.3 Å². The van der Waals surface area contributed by atoms with Crippen LogP contribution in [-0.2, 0) is 0 Å². The molecule has 3 heteroatoms. The topological polar surface area (TPSA) is 24.9 Å². The van der Waals surface area contributed by atoms with Gasteiger partial charge in [-0.25, -0.2) is 4.98 Å². The lowest BCUT2D eigenvalue weighted by atomic mass is 10.0. The van der Waals surface area contributed by atoms with Gasteiger partial charge in [0.2, 0.25) is 0 Å². The maximum atomic E-state index is 5.30. The van der Waals surface area contributed by atoms with Crippen molar-refractivity contribution in [2.24, 2.45) is 0 Å². The Morgan fingerprint density at radius 3 is 2.95 bits per heavy atom. The van der Waals surface area contributed by atoms with E-state index in [1.165, 1.54) is 0 Å². The van der Waals surface area contributed by atoms with E-state index in [2.05, 4.69) is 39.3 Å². The van der Waals surface area contributed by atoms with Crippen molar-refractivity contribution in [2.45, 2.75) is 25.3 Å². The Kier molecular flexibility index (Phi) is 4.95. The Balaban J connectivity index is 2.31. The zero-order valence-electron chi connectivity index (χ0n) is 11.0. The van der Waals surface area contributed by atoms with Crippen LogP contribution in [0, 0.1) is 12.3 Å². The molecule has 0 radical (unpaired) electrons. The second-order valence-electron chi connectivity index (χ2n) is 4.49. The Hall–Kier alpha value is -1.37. The molecule has 0 fully saturated rings. The number of nitrogens with zero attached hydrogens (tertiary/aromatic N) is 1. The van der Waals surface area contributed by atoms with Crippen LogP contribution in [0.15, 0.2) is 34.8 Å². The van der Waals surface area contributed by atoms with E-state index < -0.39 is 0 Å². The van der Waals surface area contributed by atoms with Crippen LogP contribution in [0.5, 0.6) is 0 Å². The fourth-order valence-electron chi connectivity index (χ4n) is 2.18. The average Bonchev–Trinajstić information content (AvgIpc) is 2.43. The number of hydrogen-bond donors (Lipinski definition) is 1. The number of para-hydroxylation sites is 1. The van der Waals surface area contributed by atoms with Crippen molar-refractivity contribution in [2.75, 3.05) is 7.05 Å². The number of benzene rings is 1. The number of unbranched alkanes of at least 4 members (excludes halogenated alkanes) is 1. The summed E-state index contributed by atoms with van der Waals surface area (Å²) in [5.74, 6) is 2.68. The van der Waals surface area contributed by atoms with Gasteiger partial charge in [-0.2, -0.15) is 0 Å². The van der Waals surface area contributed by atoms with Crippen molar-refractivity contribution in [3.8, 4) is 12.3 Å². The highest BCUT2D eigenvalue weighted by Gasteiger charge is 2.14. The first-order valence-electron chi connectivity index (χ1n) is 6.42. The van der Waals surface area contributed by atoms with Gasteiger partial charge in [-0.3, -0.25) is 0 Å². The van der Waals surface area contributed by atoms with Gasteiger partial charge in [0.1, 0.15) is 0 Å². The molecule has 2 aromatic rings. The van der Waals surface area contributed by atoms with E-state index in [1.807, 2.05) is 25.2 Å². The third-order valence-electron chi connectivity index (χ3n) is 3.20. The molecule has 0 saturated carbocycles. The minimum Gasteiger partial charge on any atom is -0.312 e. The fourth-order valence-corrected chi connectivity index (χ4v) is 2.79. The second-order valence-corrected chi connectivity index (χ2v) is 5.34. The first-order chi connectivity index (χ1) is 9.26. The van der Waals surface area contributed by atoms with E-state index in [4.69, 9.17) is 11.4 Å². The molecule has 0 bridgehead atoms. The van der Waals surface area contributed by atoms with Crippen LogP contribution in [0.25, 0.3) is 10.9 Å². The highest BCUT2D eigenvalue weighted by Crippen LogP contribution is 2.28. The lowest BCUT2D eigenvalue weighted by molar-refractivity contribution is 0.519. The number of nitrogens with one attached hydrogen (secondary N) is 1. The Morgan fingerprint density at radius 1 is 1.42 bits per heavy atom. The van der Waals surface area contributed by atoms with E-state index in [-0.39, 0.29) is 6.04 Å². The molecule has 1 atom stereocenters. The molecule has 0 aliphatic heterocycles. The van der Waals surface area contributed by atoms with Gasteiger partial charge in [-0.15, -0.1) is 12.3 Å². The van der Waals surface area contributed by atoms with E-state index in [0.29, 0.717) is 0 Å². The quantitative estimate of drug-likeness (QED) is 0.664. The van der Waals surface area contributed by atoms with E-state index in [9.17, 15) is 0 Å². The van der Waals surface area contributed by atoms with Gasteiger partial charge in [0.15, 0.2) is 0 Å². The van der Waals surface area contributed by atoms with Gasteiger partial charge in [-0.1, -0.05) is 18.2 Å². The molecule has 2 rings (SSSR count). The van der Waals surface area contributed by atoms with Gasteiger partial charge < -0.3 is 5.32 Å². The molecule has 19 heavy (non-hydrogen) atoms. The second kappa shape index (κ2) is 6.70. The van der Waals surface area contributed by atoms with Gasteiger partial charge >= 0.3 is 0 Å². The fraction of sp³-hybridized carbons (Fsp3) is 0.312. The number of aromatic nitrogens is 1. The van der Waals surface area contributed by atoms with Crippen molar-refractivity contribution in [3.63, 3.8) is 0 Å². The van der Waals surface area contributed by atoms with Gasteiger partial charge in [0, 0.05) is 16.3 Å². The molecule has 0 amide bonds. The maximum absolute atomic E-state index is 5.30. The SMILES string of the molecule is C#CCCCC(NC)c1nc2ccccc2cc1Br. The summed E-state index contributed by atoms with van der Waals surface area (Å²) in [6.45, 7) is 0. The summed E-state index contributed by atoms with van der Waals surface area (Å²) >= 11 is 3.63. The Morgan fingerprint density at radius 2 is 2.21 bits per heavy atom. The van der Waals surface area contributed by atoms with Crippen LogP contribution in [0.4, 0.5) is 0 Å². The standard InChI is InChI=1S/C16H17BrN2/c1-3-4-5-10-15(18-2)16-13(17)11-12-8-6-7-9-14(12)19-16/h1,6-9,11,15,18H,4-5,10H2,2H3. The third kappa shape index (κ3) is 3.34. The molecule has 1 heterocycles. The van der Waals surface area contributed by atoms with Crippen LogP contribution in [0.3, 0.4) is 0 Å². The number of pyridine rings is 1. The smallest absolute Gasteiger partial charge is 0.0722 e. The van der Waals surface area contributed by atoms with Crippen LogP contribution < -0.4 is 5.32 Å². The molecule has 98 valence electrons. The monoisotopic (exact) mass is 316 g/mol. The Bertz CT molecular complexity index is 601. The van der Waals surface area contributed by atoms with Crippen molar-refractivity contribution < 1.29 is 0 Å². The molecule has 0 spiro atoms. The summed E-state index contributed by atoms with van der Waals surface area (Å²) in [7, 11) is 1.96. The lowest BCUT2D eigenvalue weighted by Gasteiger charge is -2.17. The summed E-state index contributed by atoms with van der Waals surface area (Å²) < 4.78 is 1.05. The summed E-state index contributed by atoms with van der Waals surface area (Å²) in [4.78, 5) is 4.76. The number of rotatable bonds is 5. The first kappa shape index (κ1) is 14.0. The molecule has 1 unspecified atom stereocenters. The molecule has 0 saturated heterocycles. The summed E-state index contributed by atoms with van der Waals surface area (Å²) in [6.07, 6.45) is 8.11.